The third-order valence-electron chi connectivity index (χ3n) is 5.70. The van der Waals surface area contributed by atoms with Crippen LogP contribution < -0.4 is 14.2 Å². The van der Waals surface area contributed by atoms with E-state index in [1.165, 1.54) is 19.3 Å². The van der Waals surface area contributed by atoms with Crippen molar-refractivity contribution in [3.63, 3.8) is 0 Å². The summed E-state index contributed by atoms with van der Waals surface area (Å²) in [5.74, 6) is 2.09. The van der Waals surface area contributed by atoms with Crippen molar-refractivity contribution < 1.29 is 19.3 Å². The zero-order valence-electron chi connectivity index (χ0n) is 18.1. The first kappa shape index (κ1) is 21.1. The lowest BCUT2D eigenvalue weighted by molar-refractivity contribution is 0.183. The number of benzene rings is 2. The molecule has 1 aliphatic heterocycles. The van der Waals surface area contributed by atoms with Crippen molar-refractivity contribution in [2.45, 2.75) is 19.3 Å². The third kappa shape index (κ3) is 4.77. The molecule has 2 heterocycles. The van der Waals surface area contributed by atoms with E-state index in [0.29, 0.717) is 29.4 Å². The fourth-order valence-corrected chi connectivity index (χ4v) is 4.00. The minimum absolute atomic E-state index is 0.140. The lowest BCUT2D eigenvalue weighted by Crippen LogP contribution is -2.33. The molecule has 0 bridgehead atoms. The molecule has 1 saturated heterocycles. The second-order valence-corrected chi connectivity index (χ2v) is 7.66. The van der Waals surface area contributed by atoms with Crippen LogP contribution in [0.15, 0.2) is 42.6 Å². The molecule has 0 radical (unpaired) electrons. The van der Waals surface area contributed by atoms with Crippen molar-refractivity contribution in [2.75, 3.05) is 40.5 Å². The summed E-state index contributed by atoms with van der Waals surface area (Å²) in [6.07, 6.45) is 5.59. The van der Waals surface area contributed by atoms with Crippen molar-refractivity contribution in [2.24, 2.45) is 0 Å². The van der Waals surface area contributed by atoms with Crippen LogP contribution in [-0.2, 0) is 0 Å². The maximum atomic E-state index is 10.7. The van der Waals surface area contributed by atoms with Gasteiger partial charge in [-0.25, -0.2) is 0 Å². The Balaban J connectivity index is 1.50. The molecule has 0 aliphatic carbocycles. The summed E-state index contributed by atoms with van der Waals surface area (Å²) in [6, 6.07) is 11.1. The SMILES string of the molecule is COc1ccc(-c2cn[nH]c2-c2ccc(OCCN3CCCCC3)cc2O)cc1OC. The van der Waals surface area contributed by atoms with Gasteiger partial charge in [0.15, 0.2) is 11.5 Å². The fourth-order valence-electron chi connectivity index (χ4n) is 4.00. The first-order valence-electron chi connectivity index (χ1n) is 10.6. The highest BCUT2D eigenvalue weighted by Crippen LogP contribution is 2.39. The summed E-state index contributed by atoms with van der Waals surface area (Å²) in [7, 11) is 3.21. The molecular formula is C24H29N3O4. The van der Waals surface area contributed by atoms with E-state index >= 15 is 0 Å². The molecule has 1 aromatic heterocycles. The molecule has 7 nitrogen and oxygen atoms in total. The lowest BCUT2D eigenvalue weighted by Gasteiger charge is -2.26. The van der Waals surface area contributed by atoms with Gasteiger partial charge in [-0.1, -0.05) is 12.5 Å². The Morgan fingerprint density at radius 3 is 2.52 bits per heavy atom. The molecule has 31 heavy (non-hydrogen) atoms. The Hall–Kier alpha value is -3.19. The zero-order valence-corrected chi connectivity index (χ0v) is 18.1. The summed E-state index contributed by atoms with van der Waals surface area (Å²) < 4.78 is 16.6. The van der Waals surface area contributed by atoms with Crippen molar-refractivity contribution in [3.8, 4) is 45.4 Å². The molecule has 0 saturated carbocycles. The van der Waals surface area contributed by atoms with Crippen LogP contribution in [0, 0.1) is 0 Å². The Morgan fingerprint density at radius 1 is 0.968 bits per heavy atom. The van der Waals surface area contributed by atoms with Gasteiger partial charge < -0.3 is 19.3 Å². The molecule has 164 valence electrons. The Morgan fingerprint density at radius 2 is 1.77 bits per heavy atom. The summed E-state index contributed by atoms with van der Waals surface area (Å²) in [5.41, 5.74) is 3.15. The number of hydrogen-bond donors (Lipinski definition) is 2. The highest BCUT2D eigenvalue weighted by molar-refractivity contribution is 5.84. The molecule has 7 heteroatoms. The van der Waals surface area contributed by atoms with Crippen LogP contribution in [0.5, 0.6) is 23.0 Å². The van der Waals surface area contributed by atoms with E-state index in [2.05, 4.69) is 15.1 Å². The molecule has 0 atom stereocenters. The topological polar surface area (TPSA) is 79.8 Å². The molecule has 1 fully saturated rings. The number of phenolic OH excluding ortho intramolecular Hbond substituents is 1. The second-order valence-electron chi connectivity index (χ2n) is 7.66. The van der Waals surface area contributed by atoms with Gasteiger partial charge in [0.1, 0.15) is 18.1 Å². The first-order valence-corrected chi connectivity index (χ1v) is 10.6. The number of hydrogen-bond acceptors (Lipinski definition) is 6. The number of aromatic hydroxyl groups is 1. The molecule has 4 rings (SSSR count). The maximum Gasteiger partial charge on any atom is 0.161 e. The normalized spacial score (nSPS) is 14.4. The maximum absolute atomic E-state index is 10.7. The number of ether oxygens (including phenoxy) is 3. The predicted molar refractivity (Wildman–Crippen MR) is 120 cm³/mol. The summed E-state index contributed by atoms with van der Waals surface area (Å²) in [6.45, 7) is 3.81. The number of nitrogens with zero attached hydrogens (tertiary/aromatic N) is 2. The number of methoxy groups -OCH3 is 2. The minimum atomic E-state index is 0.140. The van der Waals surface area contributed by atoms with Crippen molar-refractivity contribution >= 4 is 0 Å². The van der Waals surface area contributed by atoms with Crippen LogP contribution in [0.1, 0.15) is 19.3 Å². The molecule has 3 aromatic rings. The minimum Gasteiger partial charge on any atom is -0.507 e. The van der Waals surface area contributed by atoms with Crippen molar-refractivity contribution in [1.82, 2.24) is 15.1 Å². The van der Waals surface area contributed by atoms with Gasteiger partial charge in [-0.2, -0.15) is 5.10 Å². The predicted octanol–water partition coefficient (Wildman–Crippen LogP) is 4.33. The van der Waals surface area contributed by atoms with Crippen LogP contribution in [-0.4, -0.2) is 60.7 Å². The van der Waals surface area contributed by atoms with E-state index in [-0.39, 0.29) is 5.75 Å². The number of phenols is 1. The van der Waals surface area contributed by atoms with Gasteiger partial charge in [0.25, 0.3) is 0 Å². The number of piperidine rings is 1. The smallest absolute Gasteiger partial charge is 0.161 e. The summed E-state index contributed by atoms with van der Waals surface area (Å²) >= 11 is 0. The fraction of sp³-hybridized carbons (Fsp3) is 0.375. The third-order valence-corrected chi connectivity index (χ3v) is 5.70. The number of aromatic nitrogens is 2. The van der Waals surface area contributed by atoms with Crippen molar-refractivity contribution in [3.05, 3.63) is 42.6 Å². The van der Waals surface area contributed by atoms with Gasteiger partial charge in [-0.05, 0) is 55.8 Å². The van der Waals surface area contributed by atoms with Gasteiger partial charge in [0.05, 0.1) is 26.1 Å². The number of nitrogens with one attached hydrogen (secondary N) is 1. The van der Waals surface area contributed by atoms with Crippen LogP contribution >= 0.6 is 0 Å². The number of aromatic amines is 1. The van der Waals surface area contributed by atoms with E-state index in [1.54, 1.807) is 26.5 Å². The largest absolute Gasteiger partial charge is 0.507 e. The Kier molecular flexibility index (Phi) is 6.62. The number of rotatable bonds is 8. The average molecular weight is 424 g/mol. The monoisotopic (exact) mass is 423 g/mol. The van der Waals surface area contributed by atoms with Gasteiger partial charge in [-0.15, -0.1) is 0 Å². The van der Waals surface area contributed by atoms with E-state index in [1.807, 2.05) is 30.3 Å². The van der Waals surface area contributed by atoms with Crippen molar-refractivity contribution in [1.29, 1.82) is 0 Å². The van der Waals surface area contributed by atoms with Crippen LogP contribution in [0.25, 0.3) is 22.4 Å². The number of likely N-dealkylation sites (tertiary alicyclic amines) is 1. The molecule has 0 unspecified atom stereocenters. The quantitative estimate of drug-likeness (QED) is 0.561. The highest BCUT2D eigenvalue weighted by Gasteiger charge is 2.16. The first-order chi connectivity index (χ1) is 15.2. The Labute approximate surface area is 182 Å². The lowest BCUT2D eigenvalue weighted by atomic mass is 10.0. The zero-order chi connectivity index (χ0) is 21.6. The number of H-pyrrole nitrogens is 1. The standard InChI is InChI=1S/C24H29N3O4/c1-29-22-9-6-17(14-23(22)30-2)20-16-25-26-24(20)19-8-7-18(15-21(19)28)31-13-12-27-10-4-3-5-11-27/h6-9,14-16,28H,3-5,10-13H2,1-2H3,(H,25,26). The van der Waals surface area contributed by atoms with E-state index < -0.39 is 0 Å². The van der Waals surface area contributed by atoms with Crippen LogP contribution in [0.4, 0.5) is 0 Å². The molecule has 1 aliphatic rings. The molecule has 0 amide bonds. The van der Waals surface area contributed by atoms with Crippen LogP contribution in [0.3, 0.4) is 0 Å². The molecule has 2 N–H and O–H groups in total. The Bertz CT molecular complexity index is 1010. The van der Waals surface area contributed by atoms with Crippen LogP contribution in [0.2, 0.25) is 0 Å². The summed E-state index contributed by atoms with van der Waals surface area (Å²) in [4.78, 5) is 2.43. The second kappa shape index (κ2) is 9.75. The average Bonchev–Trinajstić information content (AvgIpc) is 3.29. The van der Waals surface area contributed by atoms with E-state index in [0.717, 1.165) is 36.5 Å². The summed E-state index contributed by atoms with van der Waals surface area (Å²) in [5, 5.41) is 17.9. The molecule has 2 aromatic carbocycles. The van der Waals surface area contributed by atoms with Gasteiger partial charge in [-0.3, -0.25) is 10.00 Å². The molecule has 0 spiro atoms. The van der Waals surface area contributed by atoms with Gasteiger partial charge >= 0.3 is 0 Å². The highest BCUT2D eigenvalue weighted by atomic mass is 16.5. The van der Waals surface area contributed by atoms with E-state index in [4.69, 9.17) is 14.2 Å². The van der Waals surface area contributed by atoms with Gasteiger partial charge in [0.2, 0.25) is 0 Å². The molecular weight excluding hydrogens is 394 g/mol. The van der Waals surface area contributed by atoms with Gasteiger partial charge in [0, 0.05) is 23.7 Å². The van der Waals surface area contributed by atoms with E-state index in [9.17, 15) is 5.11 Å².